The summed E-state index contributed by atoms with van der Waals surface area (Å²) in [5, 5.41) is 10.3. The van der Waals surface area contributed by atoms with Crippen LogP contribution in [0.5, 0.6) is 5.75 Å². The van der Waals surface area contributed by atoms with E-state index in [0.29, 0.717) is 12.3 Å². The minimum absolute atomic E-state index is 0.0919. The average molecular weight is 405 g/mol. The predicted octanol–water partition coefficient (Wildman–Crippen LogP) is 3.42. The Labute approximate surface area is 154 Å². The van der Waals surface area contributed by atoms with Gasteiger partial charge >= 0.3 is 5.69 Å². The minimum Gasteiger partial charge on any atom is -0.491 e. The molecule has 0 unspecified atom stereocenters. The van der Waals surface area contributed by atoms with Crippen molar-refractivity contribution in [2.24, 2.45) is 0 Å². The number of rotatable bonds is 7. The van der Waals surface area contributed by atoms with Crippen molar-refractivity contribution in [3.05, 3.63) is 63.5 Å². The van der Waals surface area contributed by atoms with Crippen LogP contribution in [0.25, 0.3) is 11.0 Å². The van der Waals surface area contributed by atoms with E-state index in [1.807, 2.05) is 55.5 Å². The van der Waals surface area contributed by atoms with Crippen LogP contribution in [0.3, 0.4) is 0 Å². The van der Waals surface area contributed by atoms with E-state index in [0.717, 1.165) is 21.9 Å². The maximum Gasteiger partial charge on any atom is 0.329 e. The van der Waals surface area contributed by atoms with Crippen LogP contribution in [-0.2, 0) is 13.1 Å². The van der Waals surface area contributed by atoms with Crippen LogP contribution >= 0.6 is 15.9 Å². The van der Waals surface area contributed by atoms with Gasteiger partial charge < -0.3 is 9.84 Å². The van der Waals surface area contributed by atoms with E-state index in [4.69, 9.17) is 4.74 Å². The molecule has 3 aromatic rings. The Morgan fingerprint density at radius 2 is 1.72 bits per heavy atom. The highest BCUT2D eigenvalue weighted by atomic mass is 79.9. The highest BCUT2D eigenvalue weighted by Gasteiger charge is 2.15. The van der Waals surface area contributed by atoms with E-state index >= 15 is 0 Å². The molecule has 5 nitrogen and oxygen atoms in total. The molecule has 0 saturated carbocycles. The number of aliphatic hydroxyl groups is 1. The van der Waals surface area contributed by atoms with Gasteiger partial charge in [0, 0.05) is 11.0 Å². The lowest BCUT2D eigenvalue weighted by atomic mass is 10.3. The molecular formula is C19H21BrN2O3. The third kappa shape index (κ3) is 3.96. The molecule has 0 spiro atoms. The van der Waals surface area contributed by atoms with Crippen molar-refractivity contribution in [1.82, 2.24) is 9.13 Å². The Kier molecular flexibility index (Phi) is 5.60. The molecule has 1 heterocycles. The SMILES string of the molecule is CCCn1c(=O)n(C[C@H](O)COc2ccc(Br)cc2)c2ccccc21. The number of aliphatic hydroxyl groups excluding tert-OH is 1. The van der Waals surface area contributed by atoms with E-state index in [2.05, 4.69) is 15.9 Å². The van der Waals surface area contributed by atoms with Gasteiger partial charge in [0.15, 0.2) is 0 Å². The Hall–Kier alpha value is -2.05. The molecule has 0 aliphatic rings. The maximum absolute atomic E-state index is 12.7. The van der Waals surface area contributed by atoms with Crippen LogP contribution in [0.2, 0.25) is 0 Å². The predicted molar refractivity (Wildman–Crippen MR) is 102 cm³/mol. The quantitative estimate of drug-likeness (QED) is 0.656. The fraction of sp³-hybridized carbons (Fsp3) is 0.316. The molecule has 2 aromatic carbocycles. The van der Waals surface area contributed by atoms with E-state index in [1.54, 1.807) is 9.13 Å². The summed E-state index contributed by atoms with van der Waals surface area (Å²) in [6, 6.07) is 15.1. The summed E-state index contributed by atoms with van der Waals surface area (Å²) in [4.78, 5) is 12.7. The Balaban J connectivity index is 1.76. The van der Waals surface area contributed by atoms with Crippen LogP contribution in [-0.4, -0.2) is 27.0 Å². The molecule has 3 rings (SSSR count). The number of hydrogen-bond donors (Lipinski definition) is 1. The lowest BCUT2D eigenvalue weighted by Gasteiger charge is -2.13. The summed E-state index contributed by atoms with van der Waals surface area (Å²) in [5.74, 6) is 0.683. The second kappa shape index (κ2) is 7.89. The molecule has 1 aromatic heterocycles. The molecule has 25 heavy (non-hydrogen) atoms. The minimum atomic E-state index is -0.776. The molecule has 0 aliphatic heterocycles. The van der Waals surface area contributed by atoms with Crippen LogP contribution in [0.1, 0.15) is 13.3 Å². The smallest absolute Gasteiger partial charge is 0.329 e. The van der Waals surface area contributed by atoms with Crippen molar-refractivity contribution in [3.63, 3.8) is 0 Å². The number of aryl methyl sites for hydroxylation is 1. The first-order valence-electron chi connectivity index (χ1n) is 8.34. The lowest BCUT2D eigenvalue weighted by molar-refractivity contribution is 0.0924. The molecule has 0 aliphatic carbocycles. The summed E-state index contributed by atoms with van der Waals surface area (Å²) in [6.07, 6.45) is 0.102. The van der Waals surface area contributed by atoms with Crippen molar-refractivity contribution >= 4 is 27.0 Å². The first kappa shape index (κ1) is 17.8. The van der Waals surface area contributed by atoms with Crippen LogP contribution in [0, 0.1) is 0 Å². The summed E-state index contributed by atoms with van der Waals surface area (Å²) in [6.45, 7) is 3.03. The number of nitrogens with zero attached hydrogens (tertiary/aromatic N) is 2. The van der Waals surface area contributed by atoms with Gasteiger partial charge in [0.05, 0.1) is 17.6 Å². The number of imidazole rings is 1. The van der Waals surface area contributed by atoms with E-state index < -0.39 is 6.10 Å². The Morgan fingerprint density at radius 1 is 1.08 bits per heavy atom. The van der Waals surface area contributed by atoms with Gasteiger partial charge in [-0.2, -0.15) is 0 Å². The summed E-state index contributed by atoms with van der Waals surface area (Å²) in [7, 11) is 0. The maximum atomic E-state index is 12.7. The highest BCUT2D eigenvalue weighted by molar-refractivity contribution is 9.10. The standard InChI is InChI=1S/C19H21BrN2O3/c1-2-11-21-17-5-3-4-6-18(17)22(19(21)24)12-15(23)13-25-16-9-7-14(20)8-10-16/h3-10,15,23H,2,11-13H2,1H3/t15-/m0/s1. The number of para-hydroxylation sites is 2. The molecule has 0 saturated heterocycles. The zero-order valence-electron chi connectivity index (χ0n) is 14.1. The molecular weight excluding hydrogens is 384 g/mol. The molecule has 0 radical (unpaired) electrons. The van der Waals surface area contributed by atoms with Crippen LogP contribution < -0.4 is 10.4 Å². The number of hydrogen-bond acceptors (Lipinski definition) is 3. The molecule has 0 bridgehead atoms. The van der Waals surface area contributed by atoms with Gasteiger partial charge in [-0.3, -0.25) is 9.13 Å². The molecule has 132 valence electrons. The van der Waals surface area contributed by atoms with Gasteiger partial charge in [0.1, 0.15) is 18.5 Å². The first-order chi connectivity index (χ1) is 12.1. The summed E-state index contributed by atoms with van der Waals surface area (Å²) >= 11 is 3.37. The van der Waals surface area contributed by atoms with Gasteiger partial charge in [0.2, 0.25) is 0 Å². The largest absolute Gasteiger partial charge is 0.491 e. The Bertz CT molecular complexity index is 899. The fourth-order valence-electron chi connectivity index (χ4n) is 2.88. The number of aromatic nitrogens is 2. The molecule has 0 amide bonds. The number of halogens is 1. The molecule has 1 atom stereocenters. The normalized spacial score (nSPS) is 12.4. The monoisotopic (exact) mass is 404 g/mol. The van der Waals surface area contributed by atoms with Gasteiger partial charge in [-0.1, -0.05) is 35.0 Å². The molecule has 1 N–H and O–H groups in total. The molecule has 6 heteroatoms. The van der Waals surface area contributed by atoms with Gasteiger partial charge in [-0.15, -0.1) is 0 Å². The third-order valence-corrected chi connectivity index (χ3v) is 4.55. The topological polar surface area (TPSA) is 56.4 Å². The van der Waals surface area contributed by atoms with Gasteiger partial charge in [-0.05, 0) is 42.8 Å². The number of ether oxygens (including phenoxy) is 1. The lowest BCUT2D eigenvalue weighted by Crippen LogP contribution is -2.31. The number of fused-ring (bicyclic) bond motifs is 1. The van der Waals surface area contributed by atoms with Crippen molar-refractivity contribution in [2.45, 2.75) is 32.5 Å². The van der Waals surface area contributed by atoms with E-state index in [9.17, 15) is 9.90 Å². The fourth-order valence-corrected chi connectivity index (χ4v) is 3.14. The second-order valence-corrected chi connectivity index (χ2v) is 6.87. The first-order valence-corrected chi connectivity index (χ1v) is 9.14. The second-order valence-electron chi connectivity index (χ2n) is 5.95. The van der Waals surface area contributed by atoms with E-state index in [1.165, 1.54) is 0 Å². The highest BCUT2D eigenvalue weighted by Crippen LogP contribution is 2.17. The zero-order chi connectivity index (χ0) is 17.8. The van der Waals surface area contributed by atoms with Crippen LogP contribution in [0.4, 0.5) is 0 Å². The zero-order valence-corrected chi connectivity index (χ0v) is 15.6. The van der Waals surface area contributed by atoms with Crippen molar-refractivity contribution in [1.29, 1.82) is 0 Å². The summed E-state index contributed by atoms with van der Waals surface area (Å²) < 4.78 is 9.96. The van der Waals surface area contributed by atoms with Gasteiger partial charge in [-0.25, -0.2) is 4.79 Å². The molecule has 0 fully saturated rings. The van der Waals surface area contributed by atoms with E-state index in [-0.39, 0.29) is 18.8 Å². The van der Waals surface area contributed by atoms with Crippen molar-refractivity contribution < 1.29 is 9.84 Å². The van der Waals surface area contributed by atoms with Crippen molar-refractivity contribution in [3.8, 4) is 5.75 Å². The summed E-state index contributed by atoms with van der Waals surface area (Å²) in [5.41, 5.74) is 1.64. The van der Waals surface area contributed by atoms with Crippen LogP contribution in [0.15, 0.2) is 57.8 Å². The number of benzene rings is 2. The average Bonchev–Trinajstić information content (AvgIpc) is 2.88. The third-order valence-electron chi connectivity index (χ3n) is 4.02. The Morgan fingerprint density at radius 3 is 2.36 bits per heavy atom. The van der Waals surface area contributed by atoms with Gasteiger partial charge in [0.25, 0.3) is 0 Å². The van der Waals surface area contributed by atoms with Crippen molar-refractivity contribution in [2.75, 3.05) is 6.61 Å².